The van der Waals surface area contributed by atoms with E-state index in [1.54, 1.807) is 6.07 Å². The van der Waals surface area contributed by atoms with Crippen LogP contribution >= 0.6 is 0 Å². The van der Waals surface area contributed by atoms with Crippen LogP contribution in [0.2, 0.25) is 0 Å². The summed E-state index contributed by atoms with van der Waals surface area (Å²) < 4.78 is 5.10. The third-order valence-corrected chi connectivity index (χ3v) is 4.80. The van der Waals surface area contributed by atoms with Crippen LogP contribution in [0, 0.1) is 0 Å². The highest BCUT2D eigenvalue weighted by molar-refractivity contribution is 6.02. The highest BCUT2D eigenvalue weighted by Gasteiger charge is 2.35. The number of rotatable bonds is 4. The van der Waals surface area contributed by atoms with Crippen molar-refractivity contribution in [2.75, 3.05) is 20.7 Å². The van der Waals surface area contributed by atoms with Crippen LogP contribution in [-0.4, -0.2) is 49.0 Å². The zero-order valence-electron chi connectivity index (χ0n) is 15.9. The molecule has 6 nitrogen and oxygen atoms in total. The molecule has 2 aliphatic rings. The Morgan fingerprint density at radius 3 is 2.69 bits per heavy atom. The van der Waals surface area contributed by atoms with Gasteiger partial charge < -0.3 is 15.0 Å². The maximum absolute atomic E-state index is 12.0. The Labute approximate surface area is 155 Å². The lowest BCUT2D eigenvalue weighted by Gasteiger charge is -2.36. The minimum Gasteiger partial charge on any atom is -0.462 e. The Morgan fingerprint density at radius 2 is 2.00 bits per heavy atom. The zero-order chi connectivity index (χ0) is 18.6. The van der Waals surface area contributed by atoms with E-state index in [-0.39, 0.29) is 11.6 Å². The van der Waals surface area contributed by atoms with E-state index in [0.717, 1.165) is 30.2 Å². The van der Waals surface area contributed by atoms with Crippen molar-refractivity contribution in [1.29, 1.82) is 0 Å². The van der Waals surface area contributed by atoms with Gasteiger partial charge >= 0.3 is 5.97 Å². The van der Waals surface area contributed by atoms with E-state index in [1.165, 1.54) is 19.3 Å². The molecule has 0 aromatic heterocycles. The van der Waals surface area contributed by atoms with Crippen molar-refractivity contribution < 1.29 is 9.53 Å². The largest absolute Gasteiger partial charge is 0.462 e. The van der Waals surface area contributed by atoms with Crippen LogP contribution in [0.1, 0.15) is 54.9 Å². The molecule has 0 unspecified atom stereocenters. The maximum Gasteiger partial charge on any atom is 0.338 e. The van der Waals surface area contributed by atoms with E-state index in [1.807, 2.05) is 44.1 Å². The van der Waals surface area contributed by atoms with Crippen molar-refractivity contribution in [2.45, 2.75) is 51.1 Å². The predicted octanol–water partition coefficient (Wildman–Crippen LogP) is 2.99. The first kappa shape index (κ1) is 18.4. The summed E-state index contributed by atoms with van der Waals surface area (Å²) in [5, 5.41) is 3.36. The van der Waals surface area contributed by atoms with E-state index < -0.39 is 0 Å². The number of nitrogens with one attached hydrogen (secondary N) is 1. The van der Waals surface area contributed by atoms with Gasteiger partial charge in [0.2, 0.25) is 5.96 Å². The number of aliphatic imine (C=N–C) groups is 2. The van der Waals surface area contributed by atoms with E-state index in [2.05, 4.69) is 5.32 Å². The molecule has 1 heterocycles. The molecule has 1 saturated carbocycles. The fourth-order valence-corrected chi connectivity index (χ4v) is 3.51. The van der Waals surface area contributed by atoms with Crippen molar-refractivity contribution in [2.24, 2.45) is 9.98 Å². The minimum absolute atomic E-state index is 0.285. The lowest BCUT2D eigenvalue weighted by molar-refractivity contribution is 0.0526. The van der Waals surface area contributed by atoms with Crippen LogP contribution in [0.4, 0.5) is 0 Å². The molecule has 1 aliphatic carbocycles. The number of hydrogen-bond acceptors (Lipinski definition) is 6. The number of ether oxygens (including phenoxy) is 1. The summed E-state index contributed by atoms with van der Waals surface area (Å²) in [6.07, 6.45) is 6.23. The smallest absolute Gasteiger partial charge is 0.338 e. The highest BCUT2D eigenvalue weighted by Crippen LogP contribution is 2.34. The topological polar surface area (TPSA) is 66.3 Å². The lowest BCUT2D eigenvalue weighted by Crippen LogP contribution is -2.49. The Hall–Kier alpha value is -2.37. The molecule has 140 valence electrons. The summed E-state index contributed by atoms with van der Waals surface area (Å²) in [6.45, 7) is 2.19. The van der Waals surface area contributed by atoms with E-state index in [9.17, 15) is 4.79 Å². The van der Waals surface area contributed by atoms with Crippen LogP contribution in [-0.2, 0) is 11.2 Å². The van der Waals surface area contributed by atoms with Crippen LogP contribution in [0.25, 0.3) is 0 Å². The Morgan fingerprint density at radius 1 is 1.23 bits per heavy atom. The average molecular weight is 356 g/mol. The molecule has 6 heteroatoms. The van der Waals surface area contributed by atoms with Crippen LogP contribution in [0.15, 0.2) is 34.3 Å². The molecule has 0 saturated heterocycles. The lowest BCUT2D eigenvalue weighted by atomic mass is 9.89. The zero-order valence-corrected chi connectivity index (χ0v) is 15.9. The van der Waals surface area contributed by atoms with E-state index >= 15 is 0 Å². The van der Waals surface area contributed by atoms with Gasteiger partial charge in [0.25, 0.3) is 0 Å². The maximum atomic E-state index is 12.0. The van der Waals surface area contributed by atoms with Gasteiger partial charge in [0, 0.05) is 20.5 Å². The average Bonchev–Trinajstić information content (AvgIpc) is 2.62. The molecule has 1 fully saturated rings. The Kier molecular flexibility index (Phi) is 5.59. The molecule has 3 rings (SSSR count). The van der Waals surface area contributed by atoms with Gasteiger partial charge in [0.15, 0.2) is 5.66 Å². The third-order valence-electron chi connectivity index (χ3n) is 4.80. The predicted molar refractivity (Wildman–Crippen MR) is 104 cm³/mol. The number of nitrogens with zero attached hydrogens (tertiary/aromatic N) is 3. The van der Waals surface area contributed by atoms with Gasteiger partial charge in [0.1, 0.15) is 5.84 Å². The van der Waals surface area contributed by atoms with Gasteiger partial charge in [-0.15, -0.1) is 0 Å². The summed E-state index contributed by atoms with van der Waals surface area (Å²) in [5.74, 6) is 1.48. The summed E-state index contributed by atoms with van der Waals surface area (Å²) >= 11 is 0. The van der Waals surface area contributed by atoms with Crippen molar-refractivity contribution >= 4 is 17.8 Å². The second-order valence-electron chi connectivity index (χ2n) is 7.15. The molecule has 0 radical (unpaired) electrons. The molecule has 1 aromatic rings. The van der Waals surface area contributed by atoms with Crippen molar-refractivity contribution in [3.8, 4) is 0 Å². The number of carbonyl (C=O) groups is 1. The number of hydrogen-bond donors (Lipinski definition) is 1. The number of guanidine groups is 1. The van der Waals surface area contributed by atoms with Crippen LogP contribution < -0.4 is 5.32 Å². The van der Waals surface area contributed by atoms with E-state index in [0.29, 0.717) is 18.6 Å². The molecule has 0 atom stereocenters. The van der Waals surface area contributed by atoms with Gasteiger partial charge in [-0.3, -0.25) is 0 Å². The molecule has 26 heavy (non-hydrogen) atoms. The molecule has 1 aromatic carbocycles. The monoisotopic (exact) mass is 356 g/mol. The fourth-order valence-electron chi connectivity index (χ4n) is 3.51. The van der Waals surface area contributed by atoms with Gasteiger partial charge in [0.05, 0.1) is 12.2 Å². The molecule has 1 N–H and O–H groups in total. The number of carbonyl (C=O) groups excluding carboxylic acids is 1. The van der Waals surface area contributed by atoms with Crippen LogP contribution in [0.5, 0.6) is 0 Å². The molecule has 0 amide bonds. The normalized spacial score (nSPS) is 18.6. The fraction of sp³-hybridized carbons (Fsp3) is 0.550. The van der Waals surface area contributed by atoms with Crippen molar-refractivity contribution in [3.63, 3.8) is 0 Å². The van der Waals surface area contributed by atoms with Gasteiger partial charge in [-0.1, -0.05) is 18.6 Å². The standard InChI is InChI=1S/C20H28N4O2/c1-4-26-18(25)16-10-8-9-15(13-16)14-17-21-19(24(2)3)23-20(22-17)11-6-5-7-12-20/h8-10,13H,4-7,11-12,14H2,1-3H3,(H,21,22,23). The molecular formula is C20H28N4O2. The molecule has 1 aliphatic heterocycles. The quantitative estimate of drug-likeness (QED) is 0.842. The second kappa shape index (κ2) is 7.89. The first-order chi connectivity index (χ1) is 12.5. The number of esters is 1. The highest BCUT2D eigenvalue weighted by atomic mass is 16.5. The van der Waals surface area contributed by atoms with E-state index in [4.69, 9.17) is 14.7 Å². The summed E-state index contributed by atoms with van der Waals surface area (Å²) in [7, 11) is 3.99. The SMILES string of the molecule is CCOC(=O)c1cccc(CC2=NC3(CCCCC3)N=C(N(C)C)N2)c1. The number of amidine groups is 1. The summed E-state index contributed by atoms with van der Waals surface area (Å²) in [6, 6.07) is 7.58. The molecular weight excluding hydrogens is 328 g/mol. The first-order valence-electron chi connectivity index (χ1n) is 9.40. The summed E-state index contributed by atoms with van der Waals surface area (Å²) in [4.78, 5) is 23.9. The van der Waals surface area contributed by atoms with Gasteiger partial charge in [-0.25, -0.2) is 14.8 Å². The minimum atomic E-state index is -0.322. The molecule has 0 bridgehead atoms. The van der Waals surface area contributed by atoms with Gasteiger partial charge in [-0.2, -0.15) is 0 Å². The van der Waals surface area contributed by atoms with Gasteiger partial charge in [-0.05, 0) is 50.3 Å². The molecule has 1 spiro atoms. The summed E-state index contributed by atoms with van der Waals surface area (Å²) in [5.41, 5.74) is 1.29. The third kappa shape index (κ3) is 4.23. The van der Waals surface area contributed by atoms with Crippen LogP contribution in [0.3, 0.4) is 0 Å². The van der Waals surface area contributed by atoms with Crippen molar-refractivity contribution in [1.82, 2.24) is 10.2 Å². The number of benzene rings is 1. The van der Waals surface area contributed by atoms with Crippen molar-refractivity contribution in [3.05, 3.63) is 35.4 Å². The first-order valence-corrected chi connectivity index (χ1v) is 9.40. The second-order valence-corrected chi connectivity index (χ2v) is 7.15. The Balaban J connectivity index is 1.82. The Bertz CT molecular complexity index is 718.